The van der Waals surface area contributed by atoms with Gasteiger partial charge in [-0.05, 0) is 50.1 Å². The number of nitrogens with zero attached hydrogens (tertiary/aromatic N) is 3. The second-order valence-corrected chi connectivity index (χ2v) is 10.7. The van der Waals surface area contributed by atoms with Gasteiger partial charge >= 0.3 is 6.03 Å². The molecule has 0 saturated carbocycles. The number of anilines is 2. The van der Waals surface area contributed by atoms with E-state index in [1.54, 1.807) is 59.4 Å². The summed E-state index contributed by atoms with van der Waals surface area (Å²) in [5.74, 6) is 0.440. The van der Waals surface area contributed by atoms with Crippen LogP contribution in [0.15, 0.2) is 66.9 Å². The Labute approximate surface area is 238 Å². The topological polar surface area (TPSA) is 118 Å². The van der Waals surface area contributed by atoms with Gasteiger partial charge in [0.05, 0.1) is 17.1 Å². The van der Waals surface area contributed by atoms with Crippen LogP contribution in [0.4, 0.5) is 20.7 Å². The summed E-state index contributed by atoms with van der Waals surface area (Å²) in [5, 5.41) is 19.0. The summed E-state index contributed by atoms with van der Waals surface area (Å²) in [4.78, 5) is 29.7. The number of rotatable bonds is 10. The van der Waals surface area contributed by atoms with Crippen LogP contribution in [0.5, 0.6) is 11.5 Å². The van der Waals surface area contributed by atoms with Crippen molar-refractivity contribution in [2.45, 2.75) is 52.4 Å². The Balaban J connectivity index is 1.53. The third-order valence-corrected chi connectivity index (χ3v) is 6.24. The molecule has 4 rings (SSSR count). The lowest BCUT2D eigenvalue weighted by Gasteiger charge is -2.14. The van der Waals surface area contributed by atoms with Crippen LogP contribution in [0, 0.1) is 12.7 Å². The first-order valence-corrected chi connectivity index (χ1v) is 13.4. The molecule has 0 aliphatic heterocycles. The van der Waals surface area contributed by atoms with Gasteiger partial charge in [0.2, 0.25) is 0 Å². The SMILES string of the molecule is Cc1cc(Oc2ccc(NC(=O)Nc3cc(C(C)(C)C)nn3-c3cccc(C(=O)CCCCO)c3)c(F)c2)ccn1. The van der Waals surface area contributed by atoms with E-state index in [9.17, 15) is 14.0 Å². The molecule has 2 aromatic carbocycles. The van der Waals surface area contributed by atoms with E-state index < -0.39 is 11.8 Å². The van der Waals surface area contributed by atoms with E-state index in [4.69, 9.17) is 14.9 Å². The number of ketones is 1. The number of nitrogens with one attached hydrogen (secondary N) is 2. The van der Waals surface area contributed by atoms with Crippen molar-refractivity contribution in [2.75, 3.05) is 17.2 Å². The van der Waals surface area contributed by atoms with Crippen molar-refractivity contribution < 1.29 is 23.8 Å². The Kier molecular flexibility index (Phi) is 9.14. The minimum absolute atomic E-state index is 0.0293. The summed E-state index contributed by atoms with van der Waals surface area (Å²) < 4.78 is 22.1. The van der Waals surface area contributed by atoms with E-state index in [-0.39, 0.29) is 29.2 Å². The number of amides is 2. The van der Waals surface area contributed by atoms with Crippen LogP contribution in [-0.2, 0) is 5.41 Å². The summed E-state index contributed by atoms with van der Waals surface area (Å²) in [6.45, 7) is 7.86. The van der Waals surface area contributed by atoms with Gasteiger partial charge in [0.1, 0.15) is 23.1 Å². The number of halogens is 1. The maximum absolute atomic E-state index is 14.9. The number of ether oxygens (including phenoxy) is 1. The molecule has 9 nitrogen and oxygen atoms in total. The molecule has 214 valence electrons. The Hall–Kier alpha value is -4.57. The fourth-order valence-corrected chi connectivity index (χ4v) is 4.04. The van der Waals surface area contributed by atoms with Gasteiger partial charge in [0.15, 0.2) is 5.78 Å². The van der Waals surface area contributed by atoms with Gasteiger partial charge in [-0.1, -0.05) is 32.9 Å². The maximum atomic E-state index is 14.9. The second-order valence-electron chi connectivity index (χ2n) is 10.7. The zero-order valence-corrected chi connectivity index (χ0v) is 23.6. The number of urea groups is 1. The smallest absolute Gasteiger partial charge is 0.324 e. The molecule has 0 spiro atoms. The summed E-state index contributed by atoms with van der Waals surface area (Å²) in [7, 11) is 0. The minimum Gasteiger partial charge on any atom is -0.457 e. The molecule has 4 aromatic rings. The number of hydrogen-bond donors (Lipinski definition) is 3. The van der Waals surface area contributed by atoms with Crippen LogP contribution < -0.4 is 15.4 Å². The Morgan fingerprint density at radius 1 is 1.00 bits per heavy atom. The highest BCUT2D eigenvalue weighted by Crippen LogP contribution is 2.28. The van der Waals surface area contributed by atoms with E-state index in [0.29, 0.717) is 47.8 Å². The lowest BCUT2D eigenvalue weighted by atomic mass is 9.92. The zero-order chi connectivity index (χ0) is 29.6. The molecule has 3 N–H and O–H groups in total. The first-order valence-electron chi connectivity index (χ1n) is 13.4. The van der Waals surface area contributed by atoms with Gasteiger partial charge in [0, 0.05) is 54.1 Å². The van der Waals surface area contributed by atoms with Gasteiger partial charge in [-0.15, -0.1) is 0 Å². The highest BCUT2D eigenvalue weighted by molar-refractivity contribution is 6.00. The number of unbranched alkanes of at least 4 members (excludes halogenated alkanes) is 1. The third kappa shape index (κ3) is 7.76. The first kappa shape index (κ1) is 29.4. The predicted octanol–water partition coefficient (Wildman–Crippen LogP) is 6.79. The van der Waals surface area contributed by atoms with E-state index in [1.165, 1.54) is 12.1 Å². The first-order chi connectivity index (χ1) is 19.5. The molecule has 0 radical (unpaired) electrons. The number of benzene rings is 2. The Morgan fingerprint density at radius 2 is 1.78 bits per heavy atom. The van der Waals surface area contributed by atoms with E-state index in [1.807, 2.05) is 27.7 Å². The van der Waals surface area contributed by atoms with Crippen molar-refractivity contribution in [3.63, 3.8) is 0 Å². The lowest BCUT2D eigenvalue weighted by Crippen LogP contribution is -2.22. The lowest BCUT2D eigenvalue weighted by molar-refractivity contribution is 0.0977. The molecule has 0 atom stereocenters. The molecule has 41 heavy (non-hydrogen) atoms. The molecule has 2 heterocycles. The molecule has 0 aliphatic carbocycles. The van der Waals surface area contributed by atoms with Crippen LogP contribution in [0.2, 0.25) is 0 Å². The zero-order valence-electron chi connectivity index (χ0n) is 23.6. The van der Waals surface area contributed by atoms with Gasteiger partial charge in [0.25, 0.3) is 0 Å². The summed E-state index contributed by atoms with van der Waals surface area (Å²) in [5.41, 5.74) is 2.22. The number of aliphatic hydroxyl groups excluding tert-OH is 1. The number of carbonyl (C=O) groups is 2. The number of Topliss-reactive ketones (excluding diaryl/α,β-unsaturated/α-hetero) is 1. The van der Waals surface area contributed by atoms with Crippen molar-refractivity contribution in [3.05, 3.63) is 89.6 Å². The number of pyridine rings is 1. The van der Waals surface area contributed by atoms with E-state index in [2.05, 4.69) is 15.6 Å². The molecule has 0 bridgehead atoms. The van der Waals surface area contributed by atoms with E-state index >= 15 is 0 Å². The highest BCUT2D eigenvalue weighted by Gasteiger charge is 2.22. The van der Waals surface area contributed by atoms with Gasteiger partial charge in [-0.2, -0.15) is 5.10 Å². The van der Waals surface area contributed by atoms with Crippen molar-refractivity contribution in [3.8, 4) is 17.2 Å². The Bertz CT molecular complexity index is 1540. The van der Waals surface area contributed by atoms with Crippen LogP contribution in [0.1, 0.15) is 61.8 Å². The highest BCUT2D eigenvalue weighted by atomic mass is 19.1. The van der Waals surface area contributed by atoms with E-state index in [0.717, 1.165) is 5.69 Å². The van der Waals surface area contributed by atoms with Crippen LogP contribution in [0.3, 0.4) is 0 Å². The number of aliphatic hydroxyl groups is 1. The minimum atomic E-state index is -0.667. The summed E-state index contributed by atoms with van der Waals surface area (Å²) in [6.07, 6.45) is 3.07. The standard InChI is InChI=1S/C31H34FN5O4/c1-20-16-24(13-14-33-20)41-23-11-12-26(25(32)18-23)34-30(40)35-29-19-28(31(2,3)4)36-37(29)22-9-7-8-21(17-22)27(39)10-5-6-15-38/h7-9,11-14,16-19,38H,5-6,10,15H2,1-4H3,(H2,34,35,40). The average Bonchev–Trinajstić information content (AvgIpc) is 3.35. The average molecular weight is 560 g/mol. The molecule has 10 heteroatoms. The molecule has 0 aliphatic rings. The Morgan fingerprint density at radius 3 is 2.49 bits per heavy atom. The fourth-order valence-electron chi connectivity index (χ4n) is 4.04. The summed E-state index contributed by atoms with van der Waals surface area (Å²) in [6, 6.07) is 15.6. The van der Waals surface area contributed by atoms with Gasteiger partial charge in [-0.25, -0.2) is 13.9 Å². The molecule has 0 saturated heterocycles. The number of aryl methyl sites for hydroxylation is 1. The van der Waals surface area contributed by atoms with Crippen molar-refractivity contribution >= 4 is 23.3 Å². The molecule has 0 unspecified atom stereocenters. The van der Waals surface area contributed by atoms with Crippen molar-refractivity contribution in [2.24, 2.45) is 0 Å². The number of hydrogen-bond acceptors (Lipinski definition) is 6. The van der Waals surface area contributed by atoms with Crippen LogP contribution in [0.25, 0.3) is 5.69 Å². The summed E-state index contributed by atoms with van der Waals surface area (Å²) >= 11 is 0. The van der Waals surface area contributed by atoms with Crippen LogP contribution >= 0.6 is 0 Å². The second kappa shape index (κ2) is 12.7. The molecular weight excluding hydrogens is 525 g/mol. The van der Waals surface area contributed by atoms with Gasteiger partial charge in [-0.3, -0.25) is 15.1 Å². The molecular formula is C31H34FN5O4. The van der Waals surface area contributed by atoms with Crippen molar-refractivity contribution in [1.82, 2.24) is 14.8 Å². The largest absolute Gasteiger partial charge is 0.457 e. The molecule has 2 amide bonds. The monoisotopic (exact) mass is 559 g/mol. The molecule has 2 aromatic heterocycles. The van der Waals surface area contributed by atoms with Crippen LogP contribution in [-0.4, -0.2) is 38.3 Å². The number of aromatic nitrogens is 3. The van der Waals surface area contributed by atoms with Crippen molar-refractivity contribution in [1.29, 1.82) is 0 Å². The fraction of sp³-hybridized carbons (Fsp3) is 0.290. The molecule has 0 fully saturated rings. The number of carbonyl (C=O) groups excluding carboxylic acids is 2. The third-order valence-electron chi connectivity index (χ3n) is 6.24. The van der Waals surface area contributed by atoms with Gasteiger partial charge < -0.3 is 15.2 Å². The normalized spacial score (nSPS) is 11.3. The quantitative estimate of drug-likeness (QED) is 0.145. The maximum Gasteiger partial charge on any atom is 0.324 e. The predicted molar refractivity (Wildman–Crippen MR) is 156 cm³/mol.